The van der Waals surface area contributed by atoms with E-state index in [-0.39, 0.29) is 11.8 Å². The third-order valence-corrected chi connectivity index (χ3v) is 2.69. The summed E-state index contributed by atoms with van der Waals surface area (Å²) < 4.78 is 0. The fourth-order valence-electron chi connectivity index (χ4n) is 1.48. The van der Waals surface area contributed by atoms with Crippen LogP contribution in [0.2, 0.25) is 5.02 Å². The maximum atomic E-state index is 11.5. The molecule has 0 saturated heterocycles. The van der Waals surface area contributed by atoms with E-state index in [2.05, 4.69) is 5.32 Å². The third-order valence-electron chi connectivity index (χ3n) is 2.44. The molecule has 0 spiro atoms. The van der Waals surface area contributed by atoms with Gasteiger partial charge < -0.3 is 5.32 Å². The summed E-state index contributed by atoms with van der Waals surface area (Å²) in [7, 11) is 1.81. The highest BCUT2D eigenvalue weighted by Crippen LogP contribution is 2.11. The summed E-state index contributed by atoms with van der Waals surface area (Å²) in [6, 6.07) is 7.52. The second-order valence-corrected chi connectivity index (χ2v) is 3.93. The molecular formula is C12H16ClNO. The molecule has 1 N–H and O–H groups in total. The van der Waals surface area contributed by atoms with Crippen LogP contribution < -0.4 is 5.32 Å². The second-order valence-electron chi connectivity index (χ2n) is 3.49. The standard InChI is InChI=1S/C12H16ClNO/c1-3-12(15)11(14-2)8-9-4-6-10(13)7-5-9/h4-7,11,14H,3,8H2,1-2H3/t11-/m1/s1. The molecule has 0 amide bonds. The Morgan fingerprint density at radius 3 is 2.47 bits per heavy atom. The number of Topliss-reactive ketones (excluding diaryl/α,β-unsaturated/α-hetero) is 1. The quantitative estimate of drug-likeness (QED) is 0.834. The number of hydrogen-bond donors (Lipinski definition) is 1. The number of carbonyl (C=O) groups excluding carboxylic acids is 1. The molecule has 0 fully saturated rings. The zero-order valence-corrected chi connectivity index (χ0v) is 9.84. The summed E-state index contributed by atoms with van der Waals surface area (Å²) in [6.45, 7) is 1.88. The van der Waals surface area contributed by atoms with E-state index in [9.17, 15) is 4.79 Å². The van der Waals surface area contributed by atoms with Gasteiger partial charge in [-0.25, -0.2) is 0 Å². The van der Waals surface area contributed by atoms with E-state index in [0.717, 1.165) is 17.0 Å². The second kappa shape index (κ2) is 5.89. The van der Waals surface area contributed by atoms with Crippen LogP contribution in [0.5, 0.6) is 0 Å². The average molecular weight is 226 g/mol. The predicted octanol–water partition coefficient (Wildman–Crippen LogP) is 2.45. The largest absolute Gasteiger partial charge is 0.310 e. The van der Waals surface area contributed by atoms with Crippen LogP contribution in [0.4, 0.5) is 0 Å². The summed E-state index contributed by atoms with van der Waals surface area (Å²) in [5, 5.41) is 3.76. The van der Waals surface area contributed by atoms with E-state index in [1.807, 2.05) is 38.2 Å². The fourth-order valence-corrected chi connectivity index (χ4v) is 1.61. The smallest absolute Gasteiger partial charge is 0.149 e. The summed E-state index contributed by atoms with van der Waals surface area (Å²) in [5.41, 5.74) is 1.13. The van der Waals surface area contributed by atoms with Crippen LogP contribution in [0.15, 0.2) is 24.3 Å². The molecule has 0 saturated carbocycles. The molecule has 0 radical (unpaired) electrons. The maximum absolute atomic E-state index is 11.5. The van der Waals surface area contributed by atoms with Gasteiger partial charge in [0.15, 0.2) is 0 Å². The molecule has 0 aliphatic heterocycles. The number of likely N-dealkylation sites (N-methyl/N-ethyl adjacent to an activating group) is 1. The Labute approximate surface area is 95.6 Å². The van der Waals surface area contributed by atoms with Gasteiger partial charge in [0, 0.05) is 11.4 Å². The lowest BCUT2D eigenvalue weighted by atomic mass is 10.0. The van der Waals surface area contributed by atoms with Crippen LogP contribution in [0.3, 0.4) is 0 Å². The van der Waals surface area contributed by atoms with Crippen LogP contribution in [-0.2, 0) is 11.2 Å². The van der Waals surface area contributed by atoms with E-state index in [4.69, 9.17) is 11.6 Å². The van der Waals surface area contributed by atoms with Gasteiger partial charge in [-0.3, -0.25) is 4.79 Å². The Balaban J connectivity index is 2.66. The van der Waals surface area contributed by atoms with Crippen LogP contribution in [0.25, 0.3) is 0 Å². The minimum atomic E-state index is -0.0869. The molecule has 1 rings (SSSR count). The Hall–Kier alpha value is -0.860. The monoisotopic (exact) mass is 225 g/mol. The highest BCUT2D eigenvalue weighted by Gasteiger charge is 2.14. The molecule has 1 atom stereocenters. The van der Waals surface area contributed by atoms with Crippen LogP contribution in [0.1, 0.15) is 18.9 Å². The first kappa shape index (κ1) is 12.2. The Morgan fingerprint density at radius 2 is 2.00 bits per heavy atom. The van der Waals surface area contributed by atoms with Gasteiger partial charge >= 0.3 is 0 Å². The van der Waals surface area contributed by atoms with Gasteiger partial charge in [-0.2, -0.15) is 0 Å². The molecule has 0 aromatic heterocycles. The van der Waals surface area contributed by atoms with Gasteiger partial charge in [-0.15, -0.1) is 0 Å². The van der Waals surface area contributed by atoms with Crippen molar-refractivity contribution in [1.82, 2.24) is 5.32 Å². The van der Waals surface area contributed by atoms with Crippen molar-refractivity contribution in [3.8, 4) is 0 Å². The third kappa shape index (κ3) is 3.65. The molecule has 0 heterocycles. The number of ketones is 1. The molecule has 0 unspecified atom stereocenters. The summed E-state index contributed by atoms with van der Waals surface area (Å²) in [4.78, 5) is 11.5. The van der Waals surface area contributed by atoms with E-state index in [1.54, 1.807) is 0 Å². The minimum absolute atomic E-state index is 0.0869. The zero-order chi connectivity index (χ0) is 11.3. The van der Waals surface area contributed by atoms with Crippen molar-refractivity contribution in [3.63, 3.8) is 0 Å². The zero-order valence-electron chi connectivity index (χ0n) is 9.09. The van der Waals surface area contributed by atoms with Gasteiger partial charge in [-0.1, -0.05) is 30.7 Å². The Kier molecular flexibility index (Phi) is 4.79. The Morgan fingerprint density at radius 1 is 1.40 bits per heavy atom. The van der Waals surface area contributed by atoms with Crippen LogP contribution in [0, 0.1) is 0 Å². The molecule has 0 aliphatic rings. The summed E-state index contributed by atoms with van der Waals surface area (Å²) >= 11 is 5.79. The summed E-state index contributed by atoms with van der Waals surface area (Å²) in [5.74, 6) is 0.243. The summed E-state index contributed by atoms with van der Waals surface area (Å²) in [6.07, 6.45) is 1.29. The molecular weight excluding hydrogens is 210 g/mol. The number of nitrogens with one attached hydrogen (secondary N) is 1. The number of benzene rings is 1. The van der Waals surface area contributed by atoms with Gasteiger partial charge in [0.25, 0.3) is 0 Å². The molecule has 0 aliphatic carbocycles. The lowest BCUT2D eigenvalue weighted by Crippen LogP contribution is -2.35. The van der Waals surface area contributed by atoms with Gasteiger partial charge in [0.2, 0.25) is 0 Å². The highest BCUT2D eigenvalue weighted by molar-refractivity contribution is 6.30. The lowest BCUT2D eigenvalue weighted by Gasteiger charge is -2.13. The molecule has 2 nitrogen and oxygen atoms in total. The average Bonchev–Trinajstić information content (AvgIpc) is 2.27. The van der Waals surface area contributed by atoms with Crippen molar-refractivity contribution in [2.45, 2.75) is 25.8 Å². The van der Waals surface area contributed by atoms with Crippen LogP contribution >= 0.6 is 11.6 Å². The fraction of sp³-hybridized carbons (Fsp3) is 0.417. The van der Waals surface area contributed by atoms with Crippen molar-refractivity contribution >= 4 is 17.4 Å². The topological polar surface area (TPSA) is 29.1 Å². The van der Waals surface area contributed by atoms with E-state index in [1.165, 1.54) is 0 Å². The maximum Gasteiger partial charge on any atom is 0.149 e. The predicted molar refractivity (Wildman–Crippen MR) is 63.3 cm³/mol. The number of rotatable bonds is 5. The molecule has 1 aromatic carbocycles. The Bertz CT molecular complexity index is 321. The van der Waals surface area contributed by atoms with Crippen LogP contribution in [-0.4, -0.2) is 18.9 Å². The van der Waals surface area contributed by atoms with Gasteiger partial charge in [-0.05, 0) is 31.2 Å². The van der Waals surface area contributed by atoms with E-state index >= 15 is 0 Å². The molecule has 15 heavy (non-hydrogen) atoms. The first-order valence-corrected chi connectivity index (χ1v) is 5.49. The van der Waals surface area contributed by atoms with Crippen molar-refractivity contribution in [1.29, 1.82) is 0 Å². The molecule has 82 valence electrons. The van der Waals surface area contributed by atoms with Crippen molar-refractivity contribution in [2.24, 2.45) is 0 Å². The first-order valence-electron chi connectivity index (χ1n) is 5.11. The lowest BCUT2D eigenvalue weighted by molar-refractivity contribution is -0.120. The highest BCUT2D eigenvalue weighted by atomic mass is 35.5. The van der Waals surface area contributed by atoms with Crippen molar-refractivity contribution in [3.05, 3.63) is 34.9 Å². The van der Waals surface area contributed by atoms with E-state index in [0.29, 0.717) is 6.42 Å². The van der Waals surface area contributed by atoms with Crippen molar-refractivity contribution in [2.75, 3.05) is 7.05 Å². The molecule has 0 bridgehead atoms. The normalized spacial score (nSPS) is 12.5. The van der Waals surface area contributed by atoms with Gasteiger partial charge in [0.1, 0.15) is 5.78 Å². The van der Waals surface area contributed by atoms with Gasteiger partial charge in [0.05, 0.1) is 6.04 Å². The SMILES string of the molecule is CCC(=O)[C@@H](Cc1ccc(Cl)cc1)NC. The van der Waals surface area contributed by atoms with E-state index < -0.39 is 0 Å². The molecule has 3 heteroatoms. The number of halogens is 1. The number of hydrogen-bond acceptors (Lipinski definition) is 2. The minimum Gasteiger partial charge on any atom is -0.310 e. The number of carbonyl (C=O) groups is 1. The molecule has 1 aromatic rings. The van der Waals surface area contributed by atoms with Crippen molar-refractivity contribution < 1.29 is 4.79 Å². The first-order chi connectivity index (χ1) is 7.17.